The third-order valence-electron chi connectivity index (χ3n) is 3.10. The summed E-state index contributed by atoms with van der Waals surface area (Å²) < 4.78 is 5.26. The Balaban J connectivity index is 0.00000289. The molecule has 1 amide bonds. The van der Waals surface area contributed by atoms with E-state index in [0.717, 1.165) is 25.9 Å². The molecule has 0 aromatic rings. The number of ether oxygens (including phenoxy) is 1. The SMILES string of the molecule is C=CCOCCCC(=O)N1CCCC(NC)C1.Cl. The lowest BCUT2D eigenvalue weighted by atomic mass is 10.1. The summed E-state index contributed by atoms with van der Waals surface area (Å²) in [5.74, 6) is 0.257. The summed E-state index contributed by atoms with van der Waals surface area (Å²) in [4.78, 5) is 13.9. The number of rotatable bonds is 7. The van der Waals surface area contributed by atoms with Crippen LogP contribution in [0.2, 0.25) is 0 Å². The van der Waals surface area contributed by atoms with Crippen molar-refractivity contribution in [3.63, 3.8) is 0 Å². The minimum atomic E-state index is 0. The van der Waals surface area contributed by atoms with Gasteiger partial charge in [-0.25, -0.2) is 0 Å². The molecule has 1 heterocycles. The Hall–Kier alpha value is -0.580. The molecule has 1 atom stereocenters. The van der Waals surface area contributed by atoms with Gasteiger partial charge < -0.3 is 15.0 Å². The largest absolute Gasteiger partial charge is 0.377 e. The van der Waals surface area contributed by atoms with E-state index in [9.17, 15) is 4.79 Å². The molecule has 0 bridgehead atoms. The van der Waals surface area contributed by atoms with Gasteiger partial charge in [-0.15, -0.1) is 19.0 Å². The van der Waals surface area contributed by atoms with Gasteiger partial charge in [0.15, 0.2) is 0 Å². The highest BCUT2D eigenvalue weighted by Gasteiger charge is 2.21. The lowest BCUT2D eigenvalue weighted by molar-refractivity contribution is -0.132. The molecule has 1 rings (SSSR count). The summed E-state index contributed by atoms with van der Waals surface area (Å²) in [6.07, 6.45) is 5.39. The Kier molecular flexibility index (Phi) is 10.0. The highest BCUT2D eigenvalue weighted by Crippen LogP contribution is 2.11. The van der Waals surface area contributed by atoms with Crippen LogP contribution in [0.4, 0.5) is 0 Å². The molecule has 4 nitrogen and oxygen atoms in total. The first-order chi connectivity index (χ1) is 8.27. The van der Waals surface area contributed by atoms with E-state index in [-0.39, 0.29) is 18.3 Å². The second-order valence-electron chi connectivity index (χ2n) is 4.43. The summed E-state index contributed by atoms with van der Waals surface area (Å²) in [6, 6.07) is 0.463. The minimum absolute atomic E-state index is 0. The van der Waals surface area contributed by atoms with E-state index < -0.39 is 0 Å². The first kappa shape index (κ1) is 17.4. The van der Waals surface area contributed by atoms with Crippen LogP contribution in [0.1, 0.15) is 25.7 Å². The zero-order valence-corrected chi connectivity index (χ0v) is 12.0. The molecule has 0 radical (unpaired) electrons. The van der Waals surface area contributed by atoms with Crippen LogP contribution in [0.15, 0.2) is 12.7 Å². The fourth-order valence-corrected chi connectivity index (χ4v) is 2.09. The van der Waals surface area contributed by atoms with Crippen molar-refractivity contribution in [2.24, 2.45) is 0 Å². The van der Waals surface area contributed by atoms with Crippen LogP contribution in [0.5, 0.6) is 0 Å². The third kappa shape index (κ3) is 6.38. The van der Waals surface area contributed by atoms with Crippen molar-refractivity contribution < 1.29 is 9.53 Å². The summed E-state index contributed by atoms with van der Waals surface area (Å²) in [7, 11) is 1.96. The summed E-state index contributed by atoms with van der Waals surface area (Å²) in [5, 5.41) is 3.24. The maximum absolute atomic E-state index is 11.9. The van der Waals surface area contributed by atoms with Gasteiger partial charge in [-0.05, 0) is 26.3 Å². The average molecular weight is 277 g/mol. The summed E-state index contributed by atoms with van der Waals surface area (Å²) in [6.45, 7) is 6.54. The Bertz CT molecular complexity index is 249. The van der Waals surface area contributed by atoms with E-state index in [4.69, 9.17) is 4.74 Å². The molecule has 0 spiro atoms. The highest BCUT2D eigenvalue weighted by atomic mass is 35.5. The van der Waals surface area contributed by atoms with Crippen molar-refractivity contribution in [1.82, 2.24) is 10.2 Å². The highest BCUT2D eigenvalue weighted by molar-refractivity contribution is 5.85. The van der Waals surface area contributed by atoms with E-state index >= 15 is 0 Å². The fourth-order valence-electron chi connectivity index (χ4n) is 2.09. The van der Waals surface area contributed by atoms with Crippen LogP contribution in [0.3, 0.4) is 0 Å². The van der Waals surface area contributed by atoms with E-state index in [1.807, 2.05) is 11.9 Å². The van der Waals surface area contributed by atoms with Gasteiger partial charge in [-0.1, -0.05) is 6.08 Å². The molecule has 1 aliphatic rings. The van der Waals surface area contributed by atoms with Gasteiger partial charge in [0.05, 0.1) is 6.61 Å². The zero-order chi connectivity index (χ0) is 12.5. The lowest BCUT2D eigenvalue weighted by Crippen LogP contribution is -2.46. The number of halogens is 1. The first-order valence-electron chi connectivity index (χ1n) is 6.41. The number of carbonyl (C=O) groups excluding carboxylic acids is 1. The Labute approximate surface area is 116 Å². The van der Waals surface area contributed by atoms with Crippen LogP contribution < -0.4 is 5.32 Å². The van der Waals surface area contributed by atoms with Crippen molar-refractivity contribution in [2.45, 2.75) is 31.7 Å². The number of carbonyl (C=O) groups is 1. The Morgan fingerprint density at radius 2 is 2.39 bits per heavy atom. The number of likely N-dealkylation sites (N-methyl/N-ethyl adjacent to an activating group) is 1. The number of amides is 1. The van der Waals surface area contributed by atoms with Crippen LogP contribution in [-0.4, -0.2) is 50.2 Å². The smallest absolute Gasteiger partial charge is 0.222 e. The molecular formula is C13H25ClN2O2. The quantitative estimate of drug-likeness (QED) is 0.567. The molecule has 18 heavy (non-hydrogen) atoms. The number of nitrogens with one attached hydrogen (secondary N) is 1. The molecule has 1 N–H and O–H groups in total. The topological polar surface area (TPSA) is 41.6 Å². The maximum Gasteiger partial charge on any atom is 0.222 e. The summed E-state index contributed by atoms with van der Waals surface area (Å²) in [5.41, 5.74) is 0. The average Bonchev–Trinajstić information content (AvgIpc) is 2.38. The van der Waals surface area contributed by atoms with E-state index in [1.54, 1.807) is 6.08 Å². The molecule has 0 aromatic carbocycles. The van der Waals surface area contributed by atoms with E-state index in [1.165, 1.54) is 6.42 Å². The number of hydrogen-bond acceptors (Lipinski definition) is 3. The Morgan fingerprint density at radius 1 is 1.61 bits per heavy atom. The van der Waals surface area contributed by atoms with Crippen LogP contribution in [0.25, 0.3) is 0 Å². The second kappa shape index (κ2) is 10.4. The second-order valence-corrected chi connectivity index (χ2v) is 4.43. The molecule has 1 unspecified atom stereocenters. The van der Waals surface area contributed by atoms with E-state index in [2.05, 4.69) is 11.9 Å². The molecule has 106 valence electrons. The number of nitrogens with zero attached hydrogens (tertiary/aromatic N) is 1. The molecule has 1 aliphatic heterocycles. The summed E-state index contributed by atoms with van der Waals surface area (Å²) >= 11 is 0. The molecule has 1 saturated heterocycles. The van der Waals surface area contributed by atoms with Crippen LogP contribution in [0, 0.1) is 0 Å². The molecule has 1 fully saturated rings. The predicted molar refractivity (Wildman–Crippen MR) is 76.2 cm³/mol. The van der Waals surface area contributed by atoms with Gasteiger partial charge in [0.1, 0.15) is 0 Å². The van der Waals surface area contributed by atoms with Crippen molar-refractivity contribution in [3.05, 3.63) is 12.7 Å². The predicted octanol–water partition coefficient (Wildman–Crippen LogP) is 1.60. The first-order valence-corrected chi connectivity index (χ1v) is 6.41. The van der Waals surface area contributed by atoms with Crippen molar-refractivity contribution >= 4 is 18.3 Å². The van der Waals surface area contributed by atoms with E-state index in [0.29, 0.717) is 25.7 Å². The van der Waals surface area contributed by atoms with Gasteiger partial charge in [0.25, 0.3) is 0 Å². The van der Waals surface area contributed by atoms with Gasteiger partial charge in [0.2, 0.25) is 5.91 Å². The zero-order valence-electron chi connectivity index (χ0n) is 11.2. The van der Waals surface area contributed by atoms with Gasteiger partial charge >= 0.3 is 0 Å². The fraction of sp³-hybridized carbons (Fsp3) is 0.769. The van der Waals surface area contributed by atoms with Crippen molar-refractivity contribution in [3.8, 4) is 0 Å². The van der Waals surface area contributed by atoms with Gasteiger partial charge in [-0.3, -0.25) is 4.79 Å². The lowest BCUT2D eigenvalue weighted by Gasteiger charge is -2.32. The minimum Gasteiger partial charge on any atom is -0.377 e. The molecule has 0 saturated carbocycles. The number of likely N-dealkylation sites (tertiary alicyclic amines) is 1. The van der Waals surface area contributed by atoms with Gasteiger partial charge in [0, 0.05) is 32.2 Å². The third-order valence-corrected chi connectivity index (χ3v) is 3.10. The van der Waals surface area contributed by atoms with Crippen LogP contribution >= 0.6 is 12.4 Å². The van der Waals surface area contributed by atoms with Crippen LogP contribution in [-0.2, 0) is 9.53 Å². The normalized spacial score (nSPS) is 19.2. The number of piperidine rings is 1. The molecule has 0 aliphatic carbocycles. The van der Waals surface area contributed by atoms with Crippen molar-refractivity contribution in [1.29, 1.82) is 0 Å². The molecule has 0 aromatic heterocycles. The monoisotopic (exact) mass is 276 g/mol. The Morgan fingerprint density at radius 3 is 3.06 bits per heavy atom. The number of hydrogen-bond donors (Lipinski definition) is 1. The standard InChI is InChI=1S/C13H24N2O2.ClH/c1-3-9-17-10-5-7-13(16)15-8-4-6-12(11-15)14-2;/h3,12,14H,1,4-11H2,2H3;1H. The molecule has 5 heteroatoms. The maximum atomic E-state index is 11.9. The molecular weight excluding hydrogens is 252 g/mol. The van der Waals surface area contributed by atoms with Crippen molar-refractivity contribution in [2.75, 3.05) is 33.4 Å². The van der Waals surface area contributed by atoms with Gasteiger partial charge in [-0.2, -0.15) is 0 Å².